The smallest absolute Gasteiger partial charge is 0.257 e. The molecule has 0 unspecified atom stereocenters. The Bertz CT molecular complexity index is 1170. The molecular formula is C22H21N7O2. The van der Waals surface area contributed by atoms with Gasteiger partial charge in [-0.15, -0.1) is 0 Å². The molecule has 0 saturated heterocycles. The maximum absolute atomic E-state index is 12.4. The molecule has 0 aliphatic heterocycles. The fourth-order valence-electron chi connectivity index (χ4n) is 2.90. The highest BCUT2D eigenvalue weighted by molar-refractivity contribution is 6.04. The zero-order valence-electron chi connectivity index (χ0n) is 17.1. The molecule has 0 aliphatic rings. The Morgan fingerprint density at radius 1 is 1.03 bits per heavy atom. The third-order valence-electron chi connectivity index (χ3n) is 4.43. The number of amides is 1. The molecule has 9 nitrogen and oxygen atoms in total. The fourth-order valence-corrected chi connectivity index (χ4v) is 2.90. The van der Waals surface area contributed by atoms with Gasteiger partial charge in [-0.3, -0.25) is 9.36 Å². The van der Waals surface area contributed by atoms with Crippen LogP contribution < -0.4 is 15.4 Å². The highest BCUT2D eigenvalue weighted by atomic mass is 16.5. The van der Waals surface area contributed by atoms with Crippen LogP contribution in [0.1, 0.15) is 23.1 Å². The van der Waals surface area contributed by atoms with Crippen molar-refractivity contribution in [3.8, 4) is 11.7 Å². The van der Waals surface area contributed by atoms with Crippen LogP contribution in [0.3, 0.4) is 0 Å². The van der Waals surface area contributed by atoms with Crippen molar-refractivity contribution in [2.24, 2.45) is 0 Å². The average Bonchev–Trinajstić information content (AvgIpc) is 3.22. The number of nitrogens with zero attached hydrogens (tertiary/aromatic N) is 5. The van der Waals surface area contributed by atoms with Gasteiger partial charge < -0.3 is 15.4 Å². The second kappa shape index (κ2) is 9.04. The summed E-state index contributed by atoms with van der Waals surface area (Å²) < 4.78 is 7.17. The fraction of sp³-hybridized carbons (Fsp3) is 0.136. The highest BCUT2D eigenvalue weighted by Crippen LogP contribution is 2.19. The van der Waals surface area contributed by atoms with Gasteiger partial charge in [-0.25, -0.2) is 19.9 Å². The number of aryl methyl sites for hydroxylation is 1. The van der Waals surface area contributed by atoms with Crippen molar-refractivity contribution in [3.63, 3.8) is 0 Å². The summed E-state index contributed by atoms with van der Waals surface area (Å²) in [4.78, 5) is 29.3. The molecule has 0 spiro atoms. The number of nitrogens with one attached hydrogen (secondary N) is 2. The number of hydrogen-bond donors (Lipinski definition) is 2. The van der Waals surface area contributed by atoms with Crippen molar-refractivity contribution < 1.29 is 9.53 Å². The minimum Gasteiger partial charge on any atom is -0.478 e. The molecule has 2 N–H and O–H groups in total. The first-order chi connectivity index (χ1) is 15.1. The average molecular weight is 415 g/mol. The van der Waals surface area contributed by atoms with Gasteiger partial charge in [0.2, 0.25) is 5.88 Å². The summed E-state index contributed by atoms with van der Waals surface area (Å²) >= 11 is 0. The van der Waals surface area contributed by atoms with Crippen LogP contribution in [0.15, 0.2) is 67.4 Å². The van der Waals surface area contributed by atoms with Gasteiger partial charge in [-0.05, 0) is 44.2 Å². The molecule has 1 aromatic carbocycles. The van der Waals surface area contributed by atoms with E-state index in [9.17, 15) is 4.79 Å². The second-order valence-electron chi connectivity index (χ2n) is 6.58. The van der Waals surface area contributed by atoms with E-state index in [0.29, 0.717) is 29.6 Å². The van der Waals surface area contributed by atoms with Crippen molar-refractivity contribution >= 4 is 23.1 Å². The standard InChI is InChI=1S/C22H21N7O2/c1-3-31-21-9-4-16(13-24-21)22(30)28-18-7-5-17(6-8-18)27-19-12-20(26-14-25-19)29-11-10-23-15(29)2/h4-14H,3H2,1-2H3,(H,28,30)(H,25,26,27). The van der Waals surface area contributed by atoms with E-state index in [2.05, 4.69) is 30.6 Å². The van der Waals surface area contributed by atoms with Crippen LogP contribution in [0, 0.1) is 6.92 Å². The van der Waals surface area contributed by atoms with E-state index in [1.54, 1.807) is 18.3 Å². The Kier molecular flexibility index (Phi) is 5.84. The van der Waals surface area contributed by atoms with E-state index in [4.69, 9.17) is 4.74 Å². The zero-order chi connectivity index (χ0) is 21.6. The van der Waals surface area contributed by atoms with Gasteiger partial charge in [-0.1, -0.05) is 0 Å². The molecule has 4 rings (SSSR count). The first kappa shape index (κ1) is 20.0. The molecule has 3 aromatic heterocycles. The lowest BCUT2D eigenvalue weighted by molar-refractivity contribution is 0.102. The maximum Gasteiger partial charge on any atom is 0.257 e. The summed E-state index contributed by atoms with van der Waals surface area (Å²) in [7, 11) is 0. The molecule has 156 valence electrons. The highest BCUT2D eigenvalue weighted by Gasteiger charge is 2.08. The minimum atomic E-state index is -0.243. The van der Waals surface area contributed by atoms with E-state index < -0.39 is 0 Å². The zero-order valence-corrected chi connectivity index (χ0v) is 17.1. The number of rotatable bonds is 7. The van der Waals surface area contributed by atoms with Crippen LogP contribution in [0.2, 0.25) is 0 Å². The number of hydrogen-bond acceptors (Lipinski definition) is 7. The third kappa shape index (κ3) is 4.84. The number of carbonyl (C=O) groups is 1. The van der Waals surface area contributed by atoms with Crippen LogP contribution in [0.25, 0.3) is 5.82 Å². The van der Waals surface area contributed by atoms with Gasteiger partial charge in [0.15, 0.2) is 0 Å². The predicted molar refractivity (Wildman–Crippen MR) is 117 cm³/mol. The maximum atomic E-state index is 12.4. The monoisotopic (exact) mass is 415 g/mol. The summed E-state index contributed by atoms with van der Waals surface area (Å²) in [5, 5.41) is 6.09. The molecule has 3 heterocycles. The summed E-state index contributed by atoms with van der Waals surface area (Å²) in [5.74, 6) is 2.46. The third-order valence-corrected chi connectivity index (χ3v) is 4.43. The molecule has 31 heavy (non-hydrogen) atoms. The Balaban J connectivity index is 1.40. The number of benzene rings is 1. The Labute approximate surface area is 179 Å². The van der Waals surface area contributed by atoms with Crippen molar-refractivity contribution in [2.45, 2.75) is 13.8 Å². The van der Waals surface area contributed by atoms with Gasteiger partial charge >= 0.3 is 0 Å². The van der Waals surface area contributed by atoms with Crippen LogP contribution in [-0.2, 0) is 0 Å². The van der Waals surface area contributed by atoms with Crippen molar-refractivity contribution in [2.75, 3.05) is 17.2 Å². The lowest BCUT2D eigenvalue weighted by Gasteiger charge is -2.10. The number of ether oxygens (including phenoxy) is 1. The van der Waals surface area contributed by atoms with Gasteiger partial charge in [0.05, 0.1) is 12.2 Å². The molecule has 1 amide bonds. The van der Waals surface area contributed by atoms with E-state index in [1.165, 1.54) is 12.5 Å². The van der Waals surface area contributed by atoms with Gasteiger partial charge in [-0.2, -0.15) is 0 Å². The van der Waals surface area contributed by atoms with Crippen LogP contribution in [-0.4, -0.2) is 37.0 Å². The molecule has 0 atom stereocenters. The summed E-state index contributed by atoms with van der Waals surface area (Å²) in [6.07, 6.45) is 6.56. The quantitative estimate of drug-likeness (QED) is 0.473. The minimum absolute atomic E-state index is 0.243. The van der Waals surface area contributed by atoms with Crippen LogP contribution in [0.5, 0.6) is 5.88 Å². The molecule has 0 aliphatic carbocycles. The SMILES string of the molecule is CCOc1ccc(C(=O)Nc2ccc(Nc3cc(-n4ccnc4C)ncn3)cc2)cn1. The number of anilines is 3. The Morgan fingerprint density at radius 3 is 2.52 bits per heavy atom. The van der Waals surface area contributed by atoms with Crippen molar-refractivity contribution in [1.29, 1.82) is 0 Å². The van der Waals surface area contributed by atoms with E-state index in [-0.39, 0.29) is 5.91 Å². The van der Waals surface area contributed by atoms with Gasteiger partial charge in [0.25, 0.3) is 5.91 Å². The van der Waals surface area contributed by atoms with Crippen molar-refractivity contribution in [3.05, 3.63) is 78.8 Å². The number of carbonyl (C=O) groups excluding carboxylic acids is 1. The number of imidazole rings is 1. The van der Waals surface area contributed by atoms with Crippen molar-refractivity contribution in [1.82, 2.24) is 24.5 Å². The molecule has 0 bridgehead atoms. The molecule has 0 radical (unpaired) electrons. The van der Waals surface area contributed by atoms with Gasteiger partial charge in [0.1, 0.15) is 23.8 Å². The lowest BCUT2D eigenvalue weighted by Crippen LogP contribution is -2.12. The van der Waals surface area contributed by atoms with E-state index in [0.717, 1.165) is 17.3 Å². The number of pyridine rings is 1. The molecule has 4 aromatic rings. The van der Waals surface area contributed by atoms with Crippen LogP contribution >= 0.6 is 0 Å². The molecule has 9 heteroatoms. The largest absolute Gasteiger partial charge is 0.478 e. The van der Waals surface area contributed by atoms with E-state index >= 15 is 0 Å². The summed E-state index contributed by atoms with van der Waals surface area (Å²) in [6.45, 7) is 4.31. The molecule has 0 saturated carbocycles. The predicted octanol–water partition coefficient (Wildman–Crippen LogP) is 3.76. The molecular weight excluding hydrogens is 394 g/mol. The second-order valence-corrected chi connectivity index (χ2v) is 6.58. The summed E-state index contributed by atoms with van der Waals surface area (Å²) in [5.41, 5.74) is 1.95. The number of aromatic nitrogens is 5. The first-order valence-electron chi connectivity index (χ1n) is 9.72. The summed E-state index contributed by atoms with van der Waals surface area (Å²) in [6, 6.07) is 12.5. The van der Waals surface area contributed by atoms with Gasteiger partial charge in [0, 0.05) is 42.1 Å². The Morgan fingerprint density at radius 2 is 1.84 bits per heavy atom. The first-order valence-corrected chi connectivity index (χ1v) is 9.72. The lowest BCUT2D eigenvalue weighted by atomic mass is 10.2. The Hall–Kier alpha value is -4.27. The van der Waals surface area contributed by atoms with Crippen LogP contribution in [0.4, 0.5) is 17.2 Å². The normalized spacial score (nSPS) is 10.5. The van der Waals surface area contributed by atoms with E-state index in [1.807, 2.05) is 54.9 Å². The molecule has 0 fully saturated rings. The topological polar surface area (TPSA) is 107 Å².